The van der Waals surface area contributed by atoms with Crippen molar-refractivity contribution in [3.63, 3.8) is 0 Å². The quantitative estimate of drug-likeness (QED) is 0.659. The Kier molecular flexibility index (Phi) is 6.31. The summed E-state index contributed by atoms with van der Waals surface area (Å²) in [6.45, 7) is 8.91. The second-order valence-corrected chi connectivity index (χ2v) is 9.35. The average Bonchev–Trinajstić information content (AvgIpc) is 3.40. The lowest BCUT2D eigenvalue weighted by atomic mass is 10.1. The minimum atomic E-state index is -0.669. The topological polar surface area (TPSA) is 81.7 Å². The molecule has 30 heavy (non-hydrogen) atoms. The van der Waals surface area contributed by atoms with E-state index in [4.69, 9.17) is 9.47 Å². The zero-order valence-electron chi connectivity index (χ0n) is 17.9. The zero-order valence-corrected chi connectivity index (χ0v) is 18.7. The van der Waals surface area contributed by atoms with Crippen LogP contribution in [0.25, 0.3) is 0 Å². The molecule has 0 saturated heterocycles. The lowest BCUT2D eigenvalue weighted by Crippen LogP contribution is -2.23. The molecule has 2 atom stereocenters. The average molecular weight is 430 g/mol. The molecule has 0 aliphatic heterocycles. The number of rotatable bonds is 6. The van der Waals surface area contributed by atoms with Gasteiger partial charge in [0.2, 0.25) is 5.91 Å². The maximum atomic E-state index is 12.8. The highest BCUT2D eigenvalue weighted by Gasteiger charge is 2.44. The predicted octanol–water partition coefficient (Wildman–Crippen LogP) is 4.93. The summed E-state index contributed by atoms with van der Waals surface area (Å²) in [6.07, 6.45) is 0.758. The molecule has 0 radical (unpaired) electrons. The van der Waals surface area contributed by atoms with Crippen molar-refractivity contribution in [2.45, 2.75) is 52.6 Å². The molecule has 2 unspecified atom stereocenters. The van der Waals surface area contributed by atoms with Gasteiger partial charge in [-0.25, -0.2) is 9.59 Å². The van der Waals surface area contributed by atoms with Crippen molar-refractivity contribution < 1.29 is 23.9 Å². The molecule has 1 aromatic heterocycles. The number of amides is 1. The van der Waals surface area contributed by atoms with Gasteiger partial charge < -0.3 is 14.8 Å². The summed E-state index contributed by atoms with van der Waals surface area (Å²) in [6, 6.07) is 9.88. The minimum Gasteiger partial charge on any atom is -0.462 e. The normalized spacial score (nSPS) is 17.9. The Labute approximate surface area is 180 Å². The van der Waals surface area contributed by atoms with E-state index < -0.39 is 17.5 Å². The van der Waals surface area contributed by atoms with Crippen LogP contribution in [0.4, 0.5) is 5.00 Å². The van der Waals surface area contributed by atoms with Crippen molar-refractivity contribution in [1.82, 2.24) is 0 Å². The van der Waals surface area contributed by atoms with Gasteiger partial charge in [-0.15, -0.1) is 11.3 Å². The number of hydrogen-bond acceptors (Lipinski definition) is 6. The molecular formula is C23H27NO5S. The van der Waals surface area contributed by atoms with Crippen molar-refractivity contribution in [3.05, 3.63) is 51.9 Å². The number of esters is 2. The Balaban J connectivity index is 1.84. The molecule has 1 fully saturated rings. The maximum Gasteiger partial charge on any atom is 0.349 e. The smallest absolute Gasteiger partial charge is 0.349 e. The third-order valence-corrected chi connectivity index (χ3v) is 5.99. The van der Waals surface area contributed by atoms with Crippen LogP contribution in [0.15, 0.2) is 30.3 Å². The van der Waals surface area contributed by atoms with Crippen LogP contribution in [0.2, 0.25) is 0 Å². The van der Waals surface area contributed by atoms with E-state index in [1.807, 2.05) is 30.3 Å². The first kappa shape index (κ1) is 22.0. The number of benzene rings is 1. The molecule has 0 bridgehead atoms. The number of anilines is 1. The van der Waals surface area contributed by atoms with E-state index in [2.05, 4.69) is 5.32 Å². The summed E-state index contributed by atoms with van der Waals surface area (Å²) in [5.74, 6) is -1.23. The minimum absolute atomic E-state index is 0.158. The first-order valence-corrected chi connectivity index (χ1v) is 10.8. The monoisotopic (exact) mass is 429 g/mol. The van der Waals surface area contributed by atoms with Crippen LogP contribution >= 0.6 is 11.3 Å². The number of carbonyl (C=O) groups excluding carboxylic acids is 3. The van der Waals surface area contributed by atoms with E-state index in [1.165, 1.54) is 0 Å². The van der Waals surface area contributed by atoms with Gasteiger partial charge in [-0.3, -0.25) is 4.79 Å². The molecule has 7 heteroatoms. The van der Waals surface area contributed by atoms with Crippen molar-refractivity contribution in [3.8, 4) is 0 Å². The highest BCUT2D eigenvalue weighted by atomic mass is 32.1. The van der Waals surface area contributed by atoms with Gasteiger partial charge in [-0.05, 0) is 58.1 Å². The molecule has 1 aliphatic rings. The van der Waals surface area contributed by atoms with Crippen LogP contribution in [0.3, 0.4) is 0 Å². The lowest BCUT2D eigenvalue weighted by Gasteiger charge is -2.19. The second-order valence-electron chi connectivity index (χ2n) is 8.33. The summed E-state index contributed by atoms with van der Waals surface area (Å²) in [5, 5.41) is 3.19. The molecular weight excluding hydrogens is 402 g/mol. The van der Waals surface area contributed by atoms with Gasteiger partial charge in [0.05, 0.1) is 12.2 Å². The van der Waals surface area contributed by atoms with Gasteiger partial charge in [0.25, 0.3) is 0 Å². The SMILES string of the molecule is CCOC(=O)c1c(NC(=O)C2CC2c2ccccc2)sc(C(=O)OC(C)(C)C)c1C. The lowest BCUT2D eigenvalue weighted by molar-refractivity contribution is -0.117. The molecule has 1 aromatic carbocycles. The Bertz CT molecular complexity index is 958. The number of carbonyl (C=O) groups is 3. The summed E-state index contributed by atoms with van der Waals surface area (Å²) in [5.41, 5.74) is 1.13. The van der Waals surface area contributed by atoms with Gasteiger partial charge in [-0.1, -0.05) is 30.3 Å². The fourth-order valence-electron chi connectivity index (χ4n) is 3.33. The summed E-state index contributed by atoms with van der Waals surface area (Å²) < 4.78 is 10.6. The molecule has 0 spiro atoms. The van der Waals surface area contributed by atoms with Crippen LogP contribution in [0.1, 0.15) is 71.2 Å². The van der Waals surface area contributed by atoms with E-state index in [-0.39, 0.29) is 29.9 Å². The fourth-order valence-corrected chi connectivity index (χ4v) is 4.40. The molecule has 1 N–H and O–H groups in total. The van der Waals surface area contributed by atoms with Crippen LogP contribution in [-0.2, 0) is 14.3 Å². The Hall–Kier alpha value is -2.67. The largest absolute Gasteiger partial charge is 0.462 e. The van der Waals surface area contributed by atoms with Crippen LogP contribution in [0.5, 0.6) is 0 Å². The molecule has 1 aliphatic carbocycles. The number of nitrogens with one attached hydrogen (secondary N) is 1. The molecule has 1 saturated carbocycles. The highest BCUT2D eigenvalue weighted by molar-refractivity contribution is 7.18. The standard InChI is InChI=1S/C23H27NO5S/c1-6-28-21(26)17-13(2)18(22(27)29-23(3,4)5)30-20(17)24-19(25)16-12-15(16)14-10-8-7-9-11-14/h7-11,15-16H,6,12H2,1-5H3,(H,24,25). The predicted molar refractivity (Wildman–Crippen MR) is 116 cm³/mol. The van der Waals surface area contributed by atoms with Crippen molar-refractivity contribution in [2.75, 3.05) is 11.9 Å². The van der Waals surface area contributed by atoms with Gasteiger partial charge in [0.1, 0.15) is 15.5 Å². The van der Waals surface area contributed by atoms with Crippen LogP contribution < -0.4 is 5.32 Å². The molecule has 2 aromatic rings. The summed E-state index contributed by atoms with van der Waals surface area (Å²) >= 11 is 1.05. The number of ether oxygens (including phenoxy) is 2. The zero-order chi connectivity index (χ0) is 22.1. The third-order valence-electron chi connectivity index (χ3n) is 4.80. The van der Waals surface area contributed by atoms with Crippen molar-refractivity contribution in [1.29, 1.82) is 0 Å². The molecule has 3 rings (SSSR count). The van der Waals surface area contributed by atoms with Gasteiger partial charge in [-0.2, -0.15) is 0 Å². The van der Waals surface area contributed by atoms with Crippen LogP contribution in [-0.4, -0.2) is 30.1 Å². The van der Waals surface area contributed by atoms with Gasteiger partial charge >= 0.3 is 11.9 Å². The molecule has 1 amide bonds. The molecule has 160 valence electrons. The highest BCUT2D eigenvalue weighted by Crippen LogP contribution is 2.48. The van der Waals surface area contributed by atoms with E-state index >= 15 is 0 Å². The summed E-state index contributed by atoms with van der Waals surface area (Å²) in [7, 11) is 0. The molecule has 1 heterocycles. The van der Waals surface area contributed by atoms with E-state index in [9.17, 15) is 14.4 Å². The first-order valence-electron chi connectivity index (χ1n) is 10.0. The van der Waals surface area contributed by atoms with Crippen molar-refractivity contribution in [2.24, 2.45) is 5.92 Å². The van der Waals surface area contributed by atoms with Crippen molar-refractivity contribution >= 4 is 34.2 Å². The number of thiophene rings is 1. The van der Waals surface area contributed by atoms with E-state index in [1.54, 1.807) is 34.6 Å². The number of hydrogen-bond donors (Lipinski definition) is 1. The van der Waals surface area contributed by atoms with E-state index in [0.29, 0.717) is 15.4 Å². The third kappa shape index (κ3) is 4.90. The Morgan fingerprint density at radius 2 is 1.80 bits per heavy atom. The fraction of sp³-hybridized carbons (Fsp3) is 0.435. The second kappa shape index (κ2) is 8.60. The first-order chi connectivity index (χ1) is 14.1. The Morgan fingerprint density at radius 3 is 2.40 bits per heavy atom. The summed E-state index contributed by atoms with van der Waals surface area (Å²) in [4.78, 5) is 38.3. The maximum absolute atomic E-state index is 12.8. The van der Waals surface area contributed by atoms with Gasteiger partial charge in [0, 0.05) is 5.92 Å². The Morgan fingerprint density at radius 1 is 1.13 bits per heavy atom. The molecule has 6 nitrogen and oxygen atoms in total. The van der Waals surface area contributed by atoms with E-state index in [0.717, 1.165) is 23.3 Å². The van der Waals surface area contributed by atoms with Gasteiger partial charge in [0.15, 0.2) is 0 Å². The van der Waals surface area contributed by atoms with Crippen LogP contribution in [0, 0.1) is 12.8 Å².